The lowest BCUT2D eigenvalue weighted by Gasteiger charge is -2.08. The second-order valence-corrected chi connectivity index (χ2v) is 3.06. The van der Waals surface area contributed by atoms with E-state index < -0.39 is 6.10 Å². The minimum atomic E-state index is -0.633. The van der Waals surface area contributed by atoms with Crippen molar-refractivity contribution in [2.45, 2.75) is 12.5 Å². The van der Waals surface area contributed by atoms with Crippen molar-refractivity contribution in [3.05, 3.63) is 30.5 Å². The van der Waals surface area contributed by atoms with Crippen LogP contribution in [0.5, 0.6) is 0 Å². The van der Waals surface area contributed by atoms with Crippen LogP contribution in [0.15, 0.2) is 24.8 Å². The zero-order chi connectivity index (χ0) is 9.97. The van der Waals surface area contributed by atoms with Crippen LogP contribution in [0, 0.1) is 0 Å². The van der Waals surface area contributed by atoms with Gasteiger partial charge in [-0.25, -0.2) is 4.98 Å². The Labute approximate surface area is 81.2 Å². The second-order valence-electron chi connectivity index (χ2n) is 3.06. The Kier molecular flexibility index (Phi) is 2.43. The molecule has 2 rings (SSSR count). The maximum atomic E-state index is 9.74. The molecule has 5 nitrogen and oxygen atoms in total. The predicted molar refractivity (Wildman–Crippen MR) is 51.6 cm³/mol. The van der Waals surface area contributed by atoms with Crippen LogP contribution in [-0.2, 0) is 0 Å². The van der Waals surface area contributed by atoms with Gasteiger partial charge in [-0.3, -0.25) is 4.98 Å². The molecule has 0 fully saturated rings. The van der Waals surface area contributed by atoms with Crippen molar-refractivity contribution < 1.29 is 5.11 Å². The molecule has 0 saturated carbocycles. The molecule has 3 N–H and O–H groups in total. The van der Waals surface area contributed by atoms with Crippen molar-refractivity contribution in [2.75, 3.05) is 6.54 Å². The molecule has 0 amide bonds. The fourth-order valence-corrected chi connectivity index (χ4v) is 1.40. The van der Waals surface area contributed by atoms with E-state index in [0.29, 0.717) is 24.3 Å². The summed E-state index contributed by atoms with van der Waals surface area (Å²) in [5.74, 6) is 0. The van der Waals surface area contributed by atoms with Gasteiger partial charge in [0, 0.05) is 24.8 Å². The van der Waals surface area contributed by atoms with Crippen molar-refractivity contribution in [3.63, 3.8) is 0 Å². The molecule has 0 aromatic carbocycles. The van der Waals surface area contributed by atoms with Crippen LogP contribution in [0.2, 0.25) is 0 Å². The van der Waals surface area contributed by atoms with Crippen molar-refractivity contribution >= 4 is 5.65 Å². The van der Waals surface area contributed by atoms with Gasteiger partial charge in [-0.1, -0.05) is 0 Å². The molecule has 5 heteroatoms. The monoisotopic (exact) mass is 192 g/mol. The summed E-state index contributed by atoms with van der Waals surface area (Å²) in [5.41, 5.74) is 6.65. The third kappa shape index (κ3) is 1.47. The number of aromatic nitrogens is 3. The van der Waals surface area contributed by atoms with Crippen LogP contribution >= 0.6 is 0 Å². The van der Waals surface area contributed by atoms with Gasteiger partial charge in [0.25, 0.3) is 0 Å². The van der Waals surface area contributed by atoms with E-state index in [2.05, 4.69) is 9.97 Å². The molecular weight excluding hydrogens is 180 g/mol. The van der Waals surface area contributed by atoms with E-state index in [4.69, 9.17) is 5.73 Å². The average molecular weight is 192 g/mol. The van der Waals surface area contributed by atoms with Crippen LogP contribution in [0.4, 0.5) is 0 Å². The standard InChI is InChI=1S/C9H12N4O/c10-2-1-7(14)8-9-12-4-6-13(9)5-3-11-8/h3-7,14H,1-2,10H2. The van der Waals surface area contributed by atoms with Gasteiger partial charge in [-0.2, -0.15) is 0 Å². The van der Waals surface area contributed by atoms with Crippen molar-refractivity contribution in [1.29, 1.82) is 0 Å². The van der Waals surface area contributed by atoms with Crippen molar-refractivity contribution in [3.8, 4) is 0 Å². The van der Waals surface area contributed by atoms with Crippen molar-refractivity contribution in [2.24, 2.45) is 5.73 Å². The number of nitrogens with zero attached hydrogens (tertiary/aromatic N) is 3. The van der Waals surface area contributed by atoms with Gasteiger partial charge >= 0.3 is 0 Å². The van der Waals surface area contributed by atoms with E-state index in [9.17, 15) is 5.11 Å². The molecule has 1 unspecified atom stereocenters. The van der Waals surface area contributed by atoms with E-state index in [-0.39, 0.29) is 0 Å². The van der Waals surface area contributed by atoms with Gasteiger partial charge in [0.15, 0.2) is 5.65 Å². The van der Waals surface area contributed by atoms with E-state index >= 15 is 0 Å². The Balaban J connectivity index is 2.45. The Hall–Kier alpha value is -1.46. The molecule has 0 radical (unpaired) electrons. The zero-order valence-corrected chi connectivity index (χ0v) is 7.67. The van der Waals surface area contributed by atoms with E-state index in [1.807, 2.05) is 10.6 Å². The predicted octanol–water partition coefficient (Wildman–Crippen LogP) is 0.111. The second kappa shape index (κ2) is 3.73. The minimum Gasteiger partial charge on any atom is -0.387 e. The molecule has 0 bridgehead atoms. The van der Waals surface area contributed by atoms with Gasteiger partial charge in [0.05, 0.1) is 0 Å². The van der Waals surface area contributed by atoms with Gasteiger partial charge in [-0.15, -0.1) is 0 Å². The summed E-state index contributed by atoms with van der Waals surface area (Å²) in [4.78, 5) is 8.23. The molecule has 74 valence electrons. The SMILES string of the molecule is NCCC(O)c1nccn2ccnc12. The molecule has 2 aromatic heterocycles. The molecule has 1 atom stereocenters. The number of fused-ring (bicyclic) bond motifs is 1. The summed E-state index contributed by atoms with van der Waals surface area (Å²) in [6.45, 7) is 0.435. The Bertz CT molecular complexity index is 425. The molecule has 0 aliphatic rings. The highest BCUT2D eigenvalue weighted by molar-refractivity contribution is 5.44. The largest absolute Gasteiger partial charge is 0.387 e. The zero-order valence-electron chi connectivity index (χ0n) is 7.67. The smallest absolute Gasteiger partial charge is 0.161 e. The van der Waals surface area contributed by atoms with Crippen LogP contribution in [0.3, 0.4) is 0 Å². The first-order chi connectivity index (χ1) is 6.83. The molecule has 2 heterocycles. The summed E-state index contributed by atoms with van der Waals surface area (Å²) in [5, 5.41) is 9.74. The first-order valence-electron chi connectivity index (χ1n) is 4.48. The molecule has 0 aliphatic heterocycles. The quantitative estimate of drug-likeness (QED) is 0.723. The summed E-state index contributed by atoms with van der Waals surface area (Å²) >= 11 is 0. The summed E-state index contributed by atoms with van der Waals surface area (Å²) in [7, 11) is 0. The van der Waals surface area contributed by atoms with Crippen LogP contribution in [0.1, 0.15) is 18.2 Å². The lowest BCUT2D eigenvalue weighted by atomic mass is 10.2. The first-order valence-corrected chi connectivity index (χ1v) is 4.48. The maximum absolute atomic E-state index is 9.74. The van der Waals surface area contributed by atoms with E-state index in [1.165, 1.54) is 0 Å². The average Bonchev–Trinajstić information content (AvgIpc) is 2.65. The third-order valence-corrected chi connectivity index (χ3v) is 2.09. The summed E-state index contributed by atoms with van der Waals surface area (Å²) < 4.78 is 1.82. The molecule has 14 heavy (non-hydrogen) atoms. The molecule has 0 aliphatic carbocycles. The molecule has 2 aromatic rings. The highest BCUT2D eigenvalue weighted by atomic mass is 16.3. The highest BCUT2D eigenvalue weighted by Gasteiger charge is 2.12. The van der Waals surface area contributed by atoms with Crippen LogP contribution in [0.25, 0.3) is 5.65 Å². The lowest BCUT2D eigenvalue weighted by Crippen LogP contribution is -2.09. The topological polar surface area (TPSA) is 76.4 Å². The van der Waals surface area contributed by atoms with Gasteiger partial charge in [-0.05, 0) is 13.0 Å². The van der Waals surface area contributed by atoms with Gasteiger partial charge < -0.3 is 15.2 Å². The number of rotatable bonds is 3. The Morgan fingerprint density at radius 3 is 2.79 bits per heavy atom. The minimum absolute atomic E-state index is 0.435. The summed E-state index contributed by atoms with van der Waals surface area (Å²) in [6.07, 6.45) is 6.79. The fourth-order valence-electron chi connectivity index (χ4n) is 1.40. The van der Waals surface area contributed by atoms with Gasteiger partial charge in [0.1, 0.15) is 11.8 Å². The maximum Gasteiger partial charge on any atom is 0.161 e. The normalized spacial score (nSPS) is 13.3. The third-order valence-electron chi connectivity index (χ3n) is 2.09. The van der Waals surface area contributed by atoms with E-state index in [0.717, 1.165) is 0 Å². The van der Waals surface area contributed by atoms with Crippen molar-refractivity contribution in [1.82, 2.24) is 14.4 Å². The number of aliphatic hydroxyl groups excluding tert-OH is 1. The van der Waals surface area contributed by atoms with Crippen LogP contribution < -0.4 is 5.73 Å². The molecule has 0 spiro atoms. The Morgan fingerprint density at radius 2 is 2.07 bits per heavy atom. The lowest BCUT2D eigenvalue weighted by molar-refractivity contribution is 0.166. The summed E-state index contributed by atoms with van der Waals surface area (Å²) in [6, 6.07) is 0. The van der Waals surface area contributed by atoms with Gasteiger partial charge in [0.2, 0.25) is 0 Å². The number of hydrogen-bond acceptors (Lipinski definition) is 4. The van der Waals surface area contributed by atoms with E-state index in [1.54, 1.807) is 18.6 Å². The van der Waals surface area contributed by atoms with Crippen LogP contribution in [-0.4, -0.2) is 26.0 Å². The first kappa shape index (κ1) is 9.11. The number of nitrogens with two attached hydrogens (primary N) is 1. The molecular formula is C9H12N4O. The highest BCUT2D eigenvalue weighted by Crippen LogP contribution is 2.17. The molecule has 0 saturated heterocycles. The number of imidazole rings is 1. The Morgan fingerprint density at radius 1 is 1.36 bits per heavy atom. The number of hydrogen-bond donors (Lipinski definition) is 2. The number of aliphatic hydroxyl groups is 1. The fraction of sp³-hybridized carbons (Fsp3) is 0.333.